The second kappa shape index (κ2) is 10.5. The van der Waals surface area contributed by atoms with E-state index in [9.17, 15) is 22.8 Å². The number of benzene rings is 3. The van der Waals surface area contributed by atoms with Gasteiger partial charge in [-0.15, -0.1) is 0 Å². The fraction of sp³-hybridized carbons (Fsp3) is 0.138. The summed E-state index contributed by atoms with van der Waals surface area (Å²) in [6.45, 7) is -0.691. The van der Waals surface area contributed by atoms with Crippen LogP contribution in [0.4, 0.5) is 13.2 Å². The highest BCUT2D eigenvalue weighted by molar-refractivity contribution is 6.35. The topological polar surface area (TPSA) is 96.8 Å². The Hall–Kier alpha value is -4.97. The number of methoxy groups -OCH3 is 1. The van der Waals surface area contributed by atoms with Gasteiger partial charge in [-0.3, -0.25) is 23.6 Å². The molecule has 0 aliphatic rings. The third-order valence-electron chi connectivity index (χ3n) is 6.87. The fourth-order valence-corrected chi connectivity index (χ4v) is 5.27. The van der Waals surface area contributed by atoms with Crippen LogP contribution in [0.3, 0.4) is 0 Å². The molecule has 0 spiro atoms. The second-order valence-electron chi connectivity index (χ2n) is 9.53. The summed E-state index contributed by atoms with van der Waals surface area (Å²) >= 11 is 6.65. The fourth-order valence-electron chi connectivity index (χ4n) is 5.00. The summed E-state index contributed by atoms with van der Waals surface area (Å²) in [6, 6.07) is 11.8. The van der Waals surface area contributed by atoms with Gasteiger partial charge in [-0.1, -0.05) is 17.7 Å². The quantitative estimate of drug-likeness (QED) is 0.261. The van der Waals surface area contributed by atoms with Crippen LogP contribution in [0.1, 0.15) is 11.4 Å². The summed E-state index contributed by atoms with van der Waals surface area (Å²) in [7, 11) is 3.00. The van der Waals surface area contributed by atoms with Crippen molar-refractivity contribution >= 4 is 33.4 Å². The molecule has 0 atom stereocenters. The van der Waals surface area contributed by atoms with Gasteiger partial charge in [0, 0.05) is 29.2 Å². The Balaban J connectivity index is 1.68. The zero-order valence-electron chi connectivity index (χ0n) is 22.1. The highest BCUT2D eigenvalue weighted by atomic mass is 35.5. The average molecular weight is 593 g/mol. The van der Waals surface area contributed by atoms with Crippen molar-refractivity contribution in [2.24, 2.45) is 7.05 Å². The zero-order valence-corrected chi connectivity index (χ0v) is 22.9. The van der Waals surface area contributed by atoms with E-state index >= 15 is 0 Å². The van der Waals surface area contributed by atoms with Gasteiger partial charge in [0.25, 0.3) is 5.56 Å². The third kappa shape index (κ3) is 4.59. The number of hydrogen-bond donors (Lipinski definition) is 0. The number of pyridine rings is 1. The molecule has 0 aliphatic heterocycles. The molecule has 0 bridgehead atoms. The Bertz CT molecular complexity index is 2140. The molecule has 3 heterocycles. The molecule has 212 valence electrons. The van der Waals surface area contributed by atoms with Gasteiger partial charge < -0.3 is 4.74 Å². The average Bonchev–Trinajstić information content (AvgIpc) is 3.39. The van der Waals surface area contributed by atoms with E-state index in [1.165, 1.54) is 18.1 Å². The maximum absolute atomic E-state index is 14.2. The molecule has 0 saturated carbocycles. The molecule has 6 aromatic rings. The van der Waals surface area contributed by atoms with Crippen LogP contribution in [0, 0.1) is 17.5 Å². The molecule has 0 fully saturated rings. The van der Waals surface area contributed by atoms with Gasteiger partial charge in [-0.05, 0) is 53.6 Å². The zero-order chi connectivity index (χ0) is 29.7. The first kappa shape index (κ1) is 27.2. The minimum Gasteiger partial charge on any atom is -0.496 e. The van der Waals surface area contributed by atoms with Crippen LogP contribution in [-0.2, 0) is 20.1 Å². The number of halogens is 4. The first-order valence-corrected chi connectivity index (χ1v) is 12.9. The van der Waals surface area contributed by atoms with E-state index in [1.54, 1.807) is 43.6 Å². The van der Waals surface area contributed by atoms with Gasteiger partial charge in [0.1, 0.15) is 17.5 Å². The van der Waals surface area contributed by atoms with Crippen LogP contribution in [0.2, 0.25) is 5.02 Å². The maximum atomic E-state index is 14.2. The molecule has 9 nitrogen and oxygen atoms in total. The minimum atomic E-state index is -1.63. The molecule has 0 radical (unpaired) electrons. The molecule has 3 aromatic heterocycles. The van der Waals surface area contributed by atoms with Gasteiger partial charge in [-0.25, -0.2) is 22.9 Å². The molecule has 6 rings (SSSR count). The van der Waals surface area contributed by atoms with Crippen LogP contribution >= 0.6 is 11.6 Å². The van der Waals surface area contributed by atoms with Crippen molar-refractivity contribution in [3.05, 3.63) is 116 Å². The third-order valence-corrected chi connectivity index (χ3v) is 7.18. The Kier molecular flexibility index (Phi) is 6.77. The summed E-state index contributed by atoms with van der Waals surface area (Å²) in [5.41, 5.74) is 0.279. The molecule has 0 saturated heterocycles. The molecule has 0 amide bonds. The van der Waals surface area contributed by atoms with Crippen molar-refractivity contribution in [2.45, 2.75) is 13.1 Å². The molecule has 0 N–H and O–H groups in total. The van der Waals surface area contributed by atoms with Crippen molar-refractivity contribution < 1.29 is 17.9 Å². The largest absolute Gasteiger partial charge is 0.496 e. The van der Waals surface area contributed by atoms with Gasteiger partial charge in [0.05, 0.1) is 31.2 Å². The van der Waals surface area contributed by atoms with E-state index in [4.69, 9.17) is 16.3 Å². The standard InChI is InChI=1S/C29H20ClF3N6O3/c1-37-14-35-24(36-37)13-39-28(40)26-22(38(29(39)41)12-15-8-19(31)27(33)20(32)9-15)10-16(11-23(26)42-2)25-17-4-3-7-34-21(17)6-5-18(25)30/h3-11,14H,12-13H2,1-2H3. The summed E-state index contributed by atoms with van der Waals surface area (Å²) in [5, 5.41) is 5.26. The van der Waals surface area contributed by atoms with E-state index in [1.807, 2.05) is 6.07 Å². The molecule has 3 aromatic carbocycles. The maximum Gasteiger partial charge on any atom is 0.332 e. The monoisotopic (exact) mass is 592 g/mol. The number of aryl methyl sites for hydroxylation is 1. The van der Waals surface area contributed by atoms with Gasteiger partial charge >= 0.3 is 5.69 Å². The molecular formula is C29H20ClF3N6O3. The smallest absolute Gasteiger partial charge is 0.332 e. The Morgan fingerprint density at radius 3 is 2.40 bits per heavy atom. The number of ether oxygens (including phenoxy) is 1. The molecule has 0 unspecified atom stereocenters. The van der Waals surface area contributed by atoms with Crippen LogP contribution in [0.5, 0.6) is 5.75 Å². The van der Waals surface area contributed by atoms with Crippen molar-refractivity contribution in [1.29, 1.82) is 0 Å². The first-order chi connectivity index (χ1) is 20.2. The molecule has 0 aliphatic carbocycles. The van der Waals surface area contributed by atoms with Crippen LogP contribution in [-0.4, -0.2) is 36.0 Å². The van der Waals surface area contributed by atoms with E-state index in [0.717, 1.165) is 21.3 Å². The number of rotatable bonds is 6. The summed E-state index contributed by atoms with van der Waals surface area (Å²) in [5.74, 6) is -4.15. The number of aromatic nitrogens is 6. The first-order valence-electron chi connectivity index (χ1n) is 12.5. The van der Waals surface area contributed by atoms with Crippen LogP contribution in [0.25, 0.3) is 32.9 Å². The van der Waals surface area contributed by atoms with E-state index in [0.29, 0.717) is 27.1 Å². The number of nitrogens with zero attached hydrogens (tertiary/aromatic N) is 6. The normalized spacial score (nSPS) is 11.5. The number of hydrogen-bond acceptors (Lipinski definition) is 6. The molecule has 42 heavy (non-hydrogen) atoms. The summed E-state index contributed by atoms with van der Waals surface area (Å²) in [4.78, 5) is 36.2. The highest BCUT2D eigenvalue weighted by Gasteiger charge is 2.22. The van der Waals surface area contributed by atoms with E-state index in [2.05, 4.69) is 15.1 Å². The lowest BCUT2D eigenvalue weighted by atomic mass is 9.98. The van der Waals surface area contributed by atoms with Gasteiger partial charge in [-0.2, -0.15) is 5.10 Å². The highest BCUT2D eigenvalue weighted by Crippen LogP contribution is 2.38. The van der Waals surface area contributed by atoms with Crippen LogP contribution < -0.4 is 16.0 Å². The van der Waals surface area contributed by atoms with Gasteiger partial charge in [0.15, 0.2) is 23.3 Å². The number of fused-ring (bicyclic) bond motifs is 2. The van der Waals surface area contributed by atoms with Gasteiger partial charge in [0.2, 0.25) is 0 Å². The lowest BCUT2D eigenvalue weighted by Gasteiger charge is -2.18. The Morgan fingerprint density at radius 1 is 0.952 bits per heavy atom. The van der Waals surface area contributed by atoms with E-state index < -0.39 is 35.2 Å². The Labute approximate surface area is 240 Å². The van der Waals surface area contributed by atoms with Crippen molar-refractivity contribution in [1.82, 2.24) is 28.9 Å². The second-order valence-corrected chi connectivity index (χ2v) is 9.94. The van der Waals surface area contributed by atoms with Crippen molar-refractivity contribution in [2.75, 3.05) is 7.11 Å². The van der Waals surface area contributed by atoms with E-state index in [-0.39, 0.29) is 34.6 Å². The minimum absolute atomic E-state index is 0.0225. The molecule has 13 heteroatoms. The molecular weight excluding hydrogens is 573 g/mol. The predicted molar refractivity (Wildman–Crippen MR) is 150 cm³/mol. The van der Waals surface area contributed by atoms with Crippen molar-refractivity contribution in [3.8, 4) is 16.9 Å². The van der Waals surface area contributed by atoms with Crippen molar-refractivity contribution in [3.63, 3.8) is 0 Å². The summed E-state index contributed by atoms with van der Waals surface area (Å²) < 4.78 is 51.2. The predicted octanol–water partition coefficient (Wildman–Crippen LogP) is 4.68. The van der Waals surface area contributed by atoms with Crippen LogP contribution in [0.15, 0.2) is 70.6 Å². The SMILES string of the molecule is COc1cc(-c2c(Cl)ccc3ncccc23)cc2c1c(=O)n(Cc1ncn(C)n1)c(=O)n2Cc1cc(F)c(F)c(F)c1. The Morgan fingerprint density at radius 2 is 1.71 bits per heavy atom. The lowest BCUT2D eigenvalue weighted by Crippen LogP contribution is -2.41. The summed E-state index contributed by atoms with van der Waals surface area (Å²) in [6.07, 6.45) is 3.05. The lowest BCUT2D eigenvalue weighted by molar-refractivity contribution is 0.418.